The van der Waals surface area contributed by atoms with Crippen LogP contribution in [0.3, 0.4) is 0 Å². The summed E-state index contributed by atoms with van der Waals surface area (Å²) in [4.78, 5) is 16.9. The number of hydrogen-bond acceptors (Lipinski definition) is 5. The third-order valence-electron chi connectivity index (χ3n) is 6.18. The Morgan fingerprint density at radius 2 is 1.83 bits per heavy atom. The summed E-state index contributed by atoms with van der Waals surface area (Å²) in [5.41, 5.74) is 1.54. The fourth-order valence-corrected chi connectivity index (χ4v) is 4.44. The topological polar surface area (TPSA) is 89.5 Å². The standard InChI is InChI=1S/C23H37N3O4/c1-3-5-6-7-8-9-10-11-12-18-13-17-15-26(21-14-19(28)20(16-27)30-21)23(29)24-22(17)25(18)4-2/h13,15,19-21,27-28H,3-12,14,16H2,1-2H3/t19-,20+,21+/m0/s1. The van der Waals surface area contributed by atoms with Gasteiger partial charge in [-0.15, -0.1) is 0 Å². The fraction of sp³-hybridized carbons (Fsp3) is 0.739. The summed E-state index contributed by atoms with van der Waals surface area (Å²) < 4.78 is 9.22. The molecule has 30 heavy (non-hydrogen) atoms. The van der Waals surface area contributed by atoms with Gasteiger partial charge in [-0.25, -0.2) is 4.79 Å². The van der Waals surface area contributed by atoms with E-state index in [2.05, 4.69) is 29.5 Å². The Labute approximate surface area is 178 Å². The molecule has 1 fully saturated rings. The molecule has 3 rings (SSSR count). The van der Waals surface area contributed by atoms with Crippen molar-refractivity contribution < 1.29 is 14.9 Å². The lowest BCUT2D eigenvalue weighted by Crippen LogP contribution is -2.27. The molecule has 1 aliphatic heterocycles. The van der Waals surface area contributed by atoms with Crippen molar-refractivity contribution >= 4 is 11.0 Å². The summed E-state index contributed by atoms with van der Waals surface area (Å²) in [6.07, 6.45) is 11.3. The molecule has 1 aliphatic rings. The molecule has 3 atom stereocenters. The van der Waals surface area contributed by atoms with Crippen molar-refractivity contribution in [3.8, 4) is 0 Å². The number of aliphatic hydroxyl groups is 2. The van der Waals surface area contributed by atoms with Crippen molar-refractivity contribution in [2.45, 2.75) is 103 Å². The minimum Gasteiger partial charge on any atom is -0.394 e. The number of rotatable bonds is 12. The molecular formula is C23H37N3O4. The maximum Gasteiger partial charge on any atom is 0.351 e. The van der Waals surface area contributed by atoms with Crippen molar-refractivity contribution in [1.29, 1.82) is 0 Å². The summed E-state index contributed by atoms with van der Waals surface area (Å²) in [6.45, 7) is 4.83. The minimum absolute atomic E-state index is 0.267. The molecule has 0 saturated carbocycles. The minimum atomic E-state index is -0.777. The first-order valence-electron chi connectivity index (χ1n) is 11.6. The van der Waals surface area contributed by atoms with Crippen LogP contribution in [0.1, 0.15) is 83.6 Å². The van der Waals surface area contributed by atoms with Crippen LogP contribution < -0.4 is 5.69 Å². The molecule has 0 bridgehead atoms. The third-order valence-corrected chi connectivity index (χ3v) is 6.18. The van der Waals surface area contributed by atoms with Crippen LogP contribution in [0.25, 0.3) is 11.0 Å². The van der Waals surface area contributed by atoms with Crippen molar-refractivity contribution in [3.05, 3.63) is 28.4 Å². The van der Waals surface area contributed by atoms with E-state index in [4.69, 9.17) is 4.74 Å². The van der Waals surface area contributed by atoms with Crippen LogP contribution in [0, 0.1) is 0 Å². The van der Waals surface area contributed by atoms with E-state index in [1.165, 1.54) is 55.2 Å². The normalized spacial score (nSPS) is 21.7. The summed E-state index contributed by atoms with van der Waals surface area (Å²) in [5, 5.41) is 20.2. The molecule has 0 spiro atoms. The summed E-state index contributed by atoms with van der Waals surface area (Å²) in [7, 11) is 0. The Balaban J connectivity index is 1.66. The summed E-state index contributed by atoms with van der Waals surface area (Å²) >= 11 is 0. The van der Waals surface area contributed by atoms with E-state index in [1.807, 2.05) is 0 Å². The van der Waals surface area contributed by atoms with Gasteiger partial charge >= 0.3 is 5.69 Å². The van der Waals surface area contributed by atoms with Crippen LogP contribution in [0.5, 0.6) is 0 Å². The molecule has 2 N–H and O–H groups in total. The number of nitrogens with zero attached hydrogens (tertiary/aromatic N) is 3. The monoisotopic (exact) mass is 419 g/mol. The number of hydrogen-bond donors (Lipinski definition) is 2. The molecule has 0 radical (unpaired) electrons. The Morgan fingerprint density at radius 3 is 2.47 bits per heavy atom. The zero-order chi connectivity index (χ0) is 21.5. The molecule has 2 aromatic heterocycles. The number of aryl methyl sites for hydroxylation is 2. The highest BCUT2D eigenvalue weighted by atomic mass is 16.5. The smallest absolute Gasteiger partial charge is 0.351 e. The summed E-state index contributed by atoms with van der Waals surface area (Å²) in [5.74, 6) is 0. The highest BCUT2D eigenvalue weighted by Gasteiger charge is 2.35. The van der Waals surface area contributed by atoms with E-state index in [-0.39, 0.29) is 18.7 Å². The molecular weight excluding hydrogens is 382 g/mol. The van der Waals surface area contributed by atoms with Gasteiger partial charge in [0.2, 0.25) is 0 Å². The second-order valence-corrected chi connectivity index (χ2v) is 8.43. The van der Waals surface area contributed by atoms with Crippen molar-refractivity contribution in [2.75, 3.05) is 6.61 Å². The number of ether oxygens (including phenoxy) is 1. The summed E-state index contributed by atoms with van der Waals surface area (Å²) in [6, 6.07) is 2.12. The van der Waals surface area contributed by atoms with Crippen LogP contribution >= 0.6 is 0 Å². The van der Waals surface area contributed by atoms with Crippen molar-refractivity contribution in [3.63, 3.8) is 0 Å². The van der Waals surface area contributed by atoms with Gasteiger partial charge in [-0.1, -0.05) is 51.9 Å². The molecule has 7 nitrogen and oxygen atoms in total. The zero-order valence-electron chi connectivity index (χ0n) is 18.4. The van der Waals surface area contributed by atoms with Crippen molar-refractivity contribution in [1.82, 2.24) is 14.1 Å². The van der Waals surface area contributed by atoms with Gasteiger partial charge in [-0.05, 0) is 25.8 Å². The van der Waals surface area contributed by atoms with E-state index in [0.29, 0.717) is 5.65 Å². The lowest BCUT2D eigenvalue weighted by Gasteiger charge is -2.14. The first-order chi connectivity index (χ1) is 14.6. The van der Waals surface area contributed by atoms with Gasteiger partial charge in [0, 0.05) is 30.2 Å². The number of fused-ring (bicyclic) bond motifs is 1. The Bertz CT molecular complexity index is 860. The molecule has 0 aliphatic carbocycles. The van der Waals surface area contributed by atoms with Gasteiger partial charge in [-0.2, -0.15) is 4.98 Å². The Kier molecular flexibility index (Phi) is 8.48. The fourth-order valence-electron chi connectivity index (χ4n) is 4.44. The van der Waals surface area contributed by atoms with Crippen LogP contribution in [-0.4, -0.2) is 43.1 Å². The van der Waals surface area contributed by atoms with E-state index in [1.54, 1.807) is 6.20 Å². The predicted molar refractivity (Wildman–Crippen MR) is 118 cm³/mol. The molecule has 3 heterocycles. The first kappa shape index (κ1) is 23.0. The van der Waals surface area contributed by atoms with Crippen LogP contribution in [0.15, 0.2) is 17.1 Å². The van der Waals surface area contributed by atoms with Crippen LogP contribution in [0.2, 0.25) is 0 Å². The van der Waals surface area contributed by atoms with Gasteiger partial charge < -0.3 is 19.5 Å². The molecule has 7 heteroatoms. The third kappa shape index (κ3) is 5.31. The molecule has 0 aromatic carbocycles. The Morgan fingerprint density at radius 1 is 1.13 bits per heavy atom. The number of unbranched alkanes of at least 4 members (excludes halogenated alkanes) is 7. The van der Waals surface area contributed by atoms with Gasteiger partial charge in [-0.3, -0.25) is 4.57 Å². The Hall–Kier alpha value is -1.70. The quantitative estimate of drug-likeness (QED) is 0.514. The maximum absolute atomic E-state index is 12.6. The van der Waals surface area contributed by atoms with E-state index >= 15 is 0 Å². The maximum atomic E-state index is 12.6. The second kappa shape index (κ2) is 11.1. The molecule has 2 aromatic rings. The molecule has 168 valence electrons. The van der Waals surface area contributed by atoms with Crippen molar-refractivity contribution in [2.24, 2.45) is 0 Å². The second-order valence-electron chi connectivity index (χ2n) is 8.43. The SMILES string of the molecule is CCCCCCCCCCc1cc2cn([C@H]3C[C@H](O)[C@@H](CO)O3)c(=O)nc2n1CC. The van der Waals surface area contributed by atoms with Gasteiger partial charge in [0.1, 0.15) is 18.0 Å². The average molecular weight is 420 g/mol. The first-order valence-corrected chi connectivity index (χ1v) is 11.6. The van der Waals surface area contributed by atoms with E-state index in [0.717, 1.165) is 24.8 Å². The van der Waals surface area contributed by atoms with Crippen LogP contribution in [-0.2, 0) is 17.7 Å². The molecule has 1 saturated heterocycles. The zero-order valence-corrected chi connectivity index (χ0v) is 18.4. The highest BCUT2D eigenvalue weighted by molar-refractivity contribution is 5.76. The average Bonchev–Trinajstić information content (AvgIpc) is 3.28. The lowest BCUT2D eigenvalue weighted by atomic mass is 10.1. The predicted octanol–water partition coefficient (Wildman–Crippen LogP) is 3.54. The highest BCUT2D eigenvalue weighted by Crippen LogP contribution is 2.28. The van der Waals surface area contributed by atoms with Crippen LogP contribution in [0.4, 0.5) is 0 Å². The number of aromatic nitrogens is 3. The molecule has 0 unspecified atom stereocenters. The van der Waals surface area contributed by atoms with Gasteiger partial charge in [0.05, 0.1) is 12.7 Å². The number of aliphatic hydroxyl groups excluding tert-OH is 2. The molecule has 0 amide bonds. The van der Waals surface area contributed by atoms with Gasteiger partial charge in [0.25, 0.3) is 0 Å². The van der Waals surface area contributed by atoms with E-state index < -0.39 is 18.4 Å². The van der Waals surface area contributed by atoms with Gasteiger partial charge in [0.15, 0.2) is 0 Å². The lowest BCUT2D eigenvalue weighted by molar-refractivity contribution is -0.0457. The van der Waals surface area contributed by atoms with E-state index in [9.17, 15) is 15.0 Å². The largest absolute Gasteiger partial charge is 0.394 e.